The molecule has 0 saturated heterocycles. The van der Waals surface area contributed by atoms with E-state index >= 15 is 0 Å². The summed E-state index contributed by atoms with van der Waals surface area (Å²) in [5, 5.41) is 14.4. The molecule has 0 aliphatic carbocycles. The molecular formula is C19H21N3O2. The highest BCUT2D eigenvalue weighted by molar-refractivity contribution is 5.85. The topological polar surface area (TPSA) is 67.5 Å². The Morgan fingerprint density at radius 1 is 1.25 bits per heavy atom. The zero-order chi connectivity index (χ0) is 17.3. The first-order chi connectivity index (χ1) is 11.5. The van der Waals surface area contributed by atoms with Gasteiger partial charge in [0.15, 0.2) is 5.65 Å². The van der Waals surface area contributed by atoms with Gasteiger partial charge < -0.3 is 5.11 Å². The smallest absolute Gasteiger partial charge is 0.313 e. The predicted molar refractivity (Wildman–Crippen MR) is 93.1 cm³/mol. The summed E-state index contributed by atoms with van der Waals surface area (Å²) >= 11 is 0. The normalized spacial score (nSPS) is 13.8. The first kappa shape index (κ1) is 16.2. The van der Waals surface area contributed by atoms with Crippen molar-refractivity contribution < 1.29 is 9.90 Å². The molecule has 2 aromatic heterocycles. The average Bonchev–Trinajstić information content (AvgIpc) is 3.02. The lowest BCUT2D eigenvalue weighted by atomic mass is 9.76. The van der Waals surface area contributed by atoms with Gasteiger partial charge in [0.2, 0.25) is 0 Å². The molecule has 0 aliphatic rings. The van der Waals surface area contributed by atoms with Crippen molar-refractivity contribution in [3.8, 4) is 11.3 Å². The Kier molecular flexibility index (Phi) is 4.09. The van der Waals surface area contributed by atoms with E-state index in [2.05, 4.69) is 10.1 Å². The van der Waals surface area contributed by atoms with E-state index in [1.807, 2.05) is 50.2 Å². The van der Waals surface area contributed by atoms with Crippen LogP contribution < -0.4 is 0 Å². The summed E-state index contributed by atoms with van der Waals surface area (Å²) in [5.41, 5.74) is 2.92. The second-order valence-electron chi connectivity index (χ2n) is 6.28. The maximum atomic E-state index is 12.2. The summed E-state index contributed by atoms with van der Waals surface area (Å²) in [6, 6.07) is 11.6. The van der Waals surface area contributed by atoms with E-state index in [-0.39, 0.29) is 0 Å². The minimum Gasteiger partial charge on any atom is -0.481 e. The molecule has 5 nitrogen and oxygen atoms in total. The monoisotopic (exact) mass is 323 g/mol. The number of fused-ring (bicyclic) bond motifs is 1. The first-order valence-corrected chi connectivity index (χ1v) is 8.12. The predicted octanol–water partition coefficient (Wildman–Crippen LogP) is 3.85. The van der Waals surface area contributed by atoms with Crippen molar-refractivity contribution in [2.24, 2.45) is 0 Å². The van der Waals surface area contributed by atoms with Crippen LogP contribution in [0.15, 0.2) is 42.6 Å². The second kappa shape index (κ2) is 6.07. The van der Waals surface area contributed by atoms with Crippen molar-refractivity contribution >= 4 is 11.6 Å². The zero-order valence-electron chi connectivity index (χ0n) is 14.2. The molecule has 0 fully saturated rings. The minimum absolute atomic E-state index is 0.539. The van der Waals surface area contributed by atoms with Gasteiger partial charge in [-0.3, -0.25) is 4.79 Å². The van der Waals surface area contributed by atoms with Gasteiger partial charge >= 0.3 is 5.97 Å². The standard InChI is InChI=1S/C19H21N3O2/c1-4-11-19(3,18(23)24)16-13(2)21-15-10-12-20-22(15)17(16)14-8-6-5-7-9-14/h5-10,12H,4,11H2,1-3H3,(H,23,24). The van der Waals surface area contributed by atoms with E-state index in [9.17, 15) is 9.90 Å². The Bertz CT molecular complexity index is 886. The highest BCUT2D eigenvalue weighted by Gasteiger charge is 2.39. The summed E-state index contributed by atoms with van der Waals surface area (Å²) in [4.78, 5) is 16.8. The Hall–Kier alpha value is -2.69. The third kappa shape index (κ3) is 2.46. The number of carboxylic acid groups (broad SMARTS) is 1. The van der Waals surface area contributed by atoms with Crippen LogP contribution in [0.4, 0.5) is 0 Å². The van der Waals surface area contributed by atoms with Crippen LogP contribution in [0.3, 0.4) is 0 Å². The van der Waals surface area contributed by atoms with Crippen LogP contribution in [0.25, 0.3) is 16.9 Å². The fraction of sp³-hybridized carbons (Fsp3) is 0.316. The van der Waals surface area contributed by atoms with Gasteiger partial charge in [-0.1, -0.05) is 43.7 Å². The van der Waals surface area contributed by atoms with Crippen molar-refractivity contribution in [3.63, 3.8) is 0 Å². The first-order valence-electron chi connectivity index (χ1n) is 8.12. The van der Waals surface area contributed by atoms with E-state index in [4.69, 9.17) is 0 Å². The van der Waals surface area contributed by atoms with E-state index in [0.717, 1.165) is 34.6 Å². The summed E-state index contributed by atoms with van der Waals surface area (Å²) in [6.07, 6.45) is 3.00. The number of hydrogen-bond donors (Lipinski definition) is 1. The summed E-state index contributed by atoms with van der Waals surface area (Å²) < 4.78 is 1.74. The van der Waals surface area contributed by atoms with Gasteiger partial charge in [-0.05, 0) is 20.3 Å². The average molecular weight is 323 g/mol. The van der Waals surface area contributed by atoms with Crippen molar-refractivity contribution in [3.05, 3.63) is 53.9 Å². The third-order valence-electron chi connectivity index (χ3n) is 4.54. The molecule has 0 spiro atoms. The van der Waals surface area contributed by atoms with Crippen LogP contribution >= 0.6 is 0 Å². The van der Waals surface area contributed by atoms with Crippen LogP contribution in [0.5, 0.6) is 0 Å². The third-order valence-corrected chi connectivity index (χ3v) is 4.54. The summed E-state index contributed by atoms with van der Waals surface area (Å²) in [7, 11) is 0. The molecule has 1 unspecified atom stereocenters. The maximum Gasteiger partial charge on any atom is 0.313 e. The molecule has 1 atom stereocenters. The fourth-order valence-electron chi connectivity index (χ4n) is 3.42. The number of aliphatic carboxylic acids is 1. The lowest BCUT2D eigenvalue weighted by molar-refractivity contribution is -0.143. The number of rotatable bonds is 5. The lowest BCUT2D eigenvalue weighted by Gasteiger charge is -2.29. The van der Waals surface area contributed by atoms with Crippen molar-refractivity contribution in [2.75, 3.05) is 0 Å². The molecule has 0 amide bonds. The van der Waals surface area contributed by atoms with Crippen molar-refractivity contribution in [1.82, 2.24) is 14.6 Å². The van der Waals surface area contributed by atoms with Gasteiger partial charge in [0, 0.05) is 22.9 Å². The van der Waals surface area contributed by atoms with Crippen LogP contribution in [-0.4, -0.2) is 25.7 Å². The fourth-order valence-corrected chi connectivity index (χ4v) is 3.42. The molecule has 0 saturated carbocycles. The van der Waals surface area contributed by atoms with E-state index in [1.165, 1.54) is 0 Å². The number of benzene rings is 1. The summed E-state index contributed by atoms with van der Waals surface area (Å²) in [5.74, 6) is -0.835. The van der Waals surface area contributed by atoms with Gasteiger partial charge in [0.25, 0.3) is 0 Å². The number of aryl methyl sites for hydroxylation is 1. The molecule has 3 aromatic rings. The molecule has 0 aliphatic heterocycles. The molecule has 124 valence electrons. The van der Waals surface area contributed by atoms with Crippen LogP contribution in [-0.2, 0) is 10.2 Å². The van der Waals surface area contributed by atoms with Gasteiger partial charge in [-0.2, -0.15) is 5.10 Å². The number of carboxylic acids is 1. The van der Waals surface area contributed by atoms with Gasteiger partial charge in [-0.25, -0.2) is 9.50 Å². The van der Waals surface area contributed by atoms with E-state index in [1.54, 1.807) is 17.6 Å². The van der Waals surface area contributed by atoms with Crippen molar-refractivity contribution in [1.29, 1.82) is 0 Å². The number of carbonyl (C=O) groups is 1. The van der Waals surface area contributed by atoms with E-state index < -0.39 is 11.4 Å². The largest absolute Gasteiger partial charge is 0.481 e. The Morgan fingerprint density at radius 3 is 2.58 bits per heavy atom. The van der Waals surface area contributed by atoms with E-state index in [0.29, 0.717) is 6.42 Å². The van der Waals surface area contributed by atoms with Gasteiger partial charge in [0.05, 0.1) is 17.3 Å². The van der Waals surface area contributed by atoms with Gasteiger partial charge in [-0.15, -0.1) is 0 Å². The highest BCUT2D eigenvalue weighted by atomic mass is 16.4. The highest BCUT2D eigenvalue weighted by Crippen LogP contribution is 2.38. The number of aromatic nitrogens is 3. The van der Waals surface area contributed by atoms with Crippen molar-refractivity contribution in [2.45, 2.75) is 39.0 Å². The molecule has 1 N–H and O–H groups in total. The molecular weight excluding hydrogens is 302 g/mol. The molecule has 2 heterocycles. The molecule has 3 rings (SSSR count). The molecule has 0 bridgehead atoms. The molecule has 5 heteroatoms. The maximum absolute atomic E-state index is 12.2. The number of nitrogens with zero attached hydrogens (tertiary/aromatic N) is 3. The Labute approximate surface area is 141 Å². The molecule has 0 radical (unpaired) electrons. The lowest BCUT2D eigenvalue weighted by Crippen LogP contribution is -2.34. The molecule has 1 aromatic carbocycles. The SMILES string of the molecule is CCCC(C)(C(=O)O)c1c(C)nc2ccnn2c1-c1ccccc1. The minimum atomic E-state index is -1.02. The summed E-state index contributed by atoms with van der Waals surface area (Å²) in [6.45, 7) is 5.66. The Morgan fingerprint density at radius 2 is 1.96 bits per heavy atom. The van der Waals surface area contributed by atoms with Crippen LogP contribution in [0.1, 0.15) is 37.9 Å². The zero-order valence-corrected chi connectivity index (χ0v) is 14.2. The van der Waals surface area contributed by atoms with Crippen LogP contribution in [0.2, 0.25) is 0 Å². The Balaban J connectivity index is 2.43. The van der Waals surface area contributed by atoms with Gasteiger partial charge in [0.1, 0.15) is 0 Å². The molecule has 24 heavy (non-hydrogen) atoms. The van der Waals surface area contributed by atoms with Crippen LogP contribution in [0, 0.1) is 6.92 Å². The number of hydrogen-bond acceptors (Lipinski definition) is 3. The second-order valence-corrected chi connectivity index (χ2v) is 6.28. The quantitative estimate of drug-likeness (QED) is 0.774.